The number of hydrogen-bond acceptors (Lipinski definition) is 5. The molecular formula is C26H70F3NO3P4S3. The molecular weight excluding hydrogens is 651 g/mol. The van der Waals surface area contributed by atoms with Gasteiger partial charge in [-0.2, -0.15) is 85.6 Å². The van der Waals surface area contributed by atoms with Crippen molar-refractivity contribution in [3.63, 3.8) is 0 Å². The lowest BCUT2D eigenvalue weighted by Gasteiger charge is -2.06. The van der Waals surface area contributed by atoms with Gasteiger partial charge in [0, 0.05) is 0 Å². The van der Waals surface area contributed by atoms with Gasteiger partial charge >= 0.3 is 6.18 Å². The molecule has 4 atom stereocenters. The lowest BCUT2D eigenvalue weighted by atomic mass is 10.1. The second-order valence-corrected chi connectivity index (χ2v) is 9.19. The summed E-state index contributed by atoms with van der Waals surface area (Å²) in [5.74, 6) is 1.24. The lowest BCUT2D eigenvalue weighted by Crippen LogP contribution is -2.11. The standard InChI is InChI=1S/C8H7F3O3S.C4H10.C3H8S.3C3H8.CH5N.CH4S.4H3P/c9-8(10,11)5-6-1-3-7(4-2-6)15(12,13)14;2*1-3-4-2;3*1-3-2;2*1-2;;;;/h1-4H,5H2,(H,12,13,14);3-4H2,1-2H3;3H2,1-2H3;3*3H2,1-2H3;2H2,1H3;2H,1H3;4*1H3. The number of thiol groups is 1. The highest BCUT2D eigenvalue weighted by molar-refractivity contribution is 7.98. The number of alkyl halides is 3. The van der Waals surface area contributed by atoms with E-state index in [4.69, 9.17) is 4.55 Å². The molecule has 4 nitrogen and oxygen atoms in total. The van der Waals surface area contributed by atoms with E-state index in [1.807, 2.05) is 11.8 Å². The molecule has 1 rings (SSSR count). The SMILES string of the molecule is CCC.CCC.CCC.CCCC.CCSC.CN.CS.O=S(=O)(O)c1ccc(CC(F)(F)F)cc1.P.P.P.P. The van der Waals surface area contributed by atoms with Crippen LogP contribution < -0.4 is 5.73 Å². The normalized spacial score (nSPS) is 7.95. The molecule has 0 fully saturated rings. The Kier molecular flexibility index (Phi) is 116. The molecule has 40 heavy (non-hydrogen) atoms. The van der Waals surface area contributed by atoms with Gasteiger partial charge in [0.25, 0.3) is 10.1 Å². The van der Waals surface area contributed by atoms with Crippen LogP contribution in [0.4, 0.5) is 13.2 Å². The van der Waals surface area contributed by atoms with Crippen LogP contribution in [0.15, 0.2) is 29.2 Å². The molecule has 256 valence electrons. The van der Waals surface area contributed by atoms with Crippen LogP contribution in [0.3, 0.4) is 0 Å². The minimum atomic E-state index is -4.34. The van der Waals surface area contributed by atoms with E-state index in [2.05, 4.69) is 86.9 Å². The highest BCUT2D eigenvalue weighted by Gasteiger charge is 2.27. The summed E-state index contributed by atoms with van der Waals surface area (Å²) >= 11 is 5.38. The molecule has 3 N–H and O–H groups in total. The van der Waals surface area contributed by atoms with Gasteiger partial charge < -0.3 is 5.73 Å². The van der Waals surface area contributed by atoms with Crippen molar-refractivity contribution in [2.45, 2.75) is 112 Å². The summed E-state index contributed by atoms with van der Waals surface area (Å²) in [5, 5.41) is 0. The first-order valence-corrected chi connectivity index (χ1v) is 16.1. The van der Waals surface area contributed by atoms with Crippen molar-refractivity contribution in [2.24, 2.45) is 5.73 Å². The molecule has 0 saturated carbocycles. The topological polar surface area (TPSA) is 80.4 Å². The van der Waals surface area contributed by atoms with E-state index in [1.165, 1.54) is 44.9 Å². The van der Waals surface area contributed by atoms with Gasteiger partial charge in [0.05, 0.1) is 11.3 Å². The van der Waals surface area contributed by atoms with Gasteiger partial charge in [-0.1, -0.05) is 107 Å². The van der Waals surface area contributed by atoms with Gasteiger partial charge in [-0.25, -0.2) is 0 Å². The average molecular weight is 722 g/mol. The van der Waals surface area contributed by atoms with Crippen LogP contribution in [0.5, 0.6) is 0 Å². The summed E-state index contributed by atoms with van der Waals surface area (Å²) in [6.07, 6.45) is 4.72. The molecule has 0 spiro atoms. The number of halogens is 3. The largest absolute Gasteiger partial charge is 0.393 e. The zero-order valence-corrected chi connectivity index (χ0v) is 36.0. The molecule has 0 aliphatic rings. The molecule has 1 aromatic carbocycles. The van der Waals surface area contributed by atoms with Crippen molar-refractivity contribution in [3.8, 4) is 0 Å². The minimum Gasteiger partial charge on any atom is -0.333 e. The third-order valence-electron chi connectivity index (χ3n) is 2.41. The molecule has 0 saturated heterocycles. The van der Waals surface area contributed by atoms with Crippen molar-refractivity contribution < 1.29 is 26.1 Å². The van der Waals surface area contributed by atoms with Crippen LogP contribution in [-0.4, -0.2) is 44.5 Å². The van der Waals surface area contributed by atoms with Crippen molar-refractivity contribution in [3.05, 3.63) is 29.8 Å². The van der Waals surface area contributed by atoms with Crippen LogP contribution in [0.25, 0.3) is 0 Å². The van der Waals surface area contributed by atoms with Gasteiger partial charge in [-0.15, -0.1) is 0 Å². The Bertz CT molecular complexity index is 562. The maximum absolute atomic E-state index is 11.9. The summed E-state index contributed by atoms with van der Waals surface area (Å²) in [7, 11) is -2.84. The fraction of sp³-hybridized carbons (Fsp3) is 0.769. The molecule has 14 heteroatoms. The Labute approximate surface area is 272 Å². The molecule has 0 aliphatic heterocycles. The van der Waals surface area contributed by atoms with Crippen molar-refractivity contribution >= 4 is 74.1 Å². The van der Waals surface area contributed by atoms with Gasteiger partial charge in [-0.05, 0) is 43.0 Å². The average Bonchev–Trinajstić information content (AvgIpc) is 2.82. The monoisotopic (exact) mass is 721 g/mol. The first-order valence-electron chi connectivity index (χ1n) is 12.4. The summed E-state index contributed by atoms with van der Waals surface area (Å²) in [6.45, 7) is 19.3. The number of benzene rings is 1. The third-order valence-corrected chi connectivity index (χ3v) is 3.86. The molecule has 1 aromatic rings. The molecule has 0 radical (unpaired) electrons. The van der Waals surface area contributed by atoms with Gasteiger partial charge in [0.15, 0.2) is 0 Å². The van der Waals surface area contributed by atoms with Crippen LogP contribution in [0.1, 0.15) is 100.0 Å². The van der Waals surface area contributed by atoms with Gasteiger partial charge in [-0.3, -0.25) is 4.55 Å². The first kappa shape index (κ1) is 73.1. The second-order valence-electron chi connectivity index (χ2n) is 6.61. The van der Waals surface area contributed by atoms with E-state index in [0.29, 0.717) is 0 Å². The molecule has 4 unspecified atom stereocenters. The quantitative estimate of drug-likeness (QED) is 0.164. The number of unbranched alkanes of at least 4 members (excludes halogenated alkanes) is 1. The van der Waals surface area contributed by atoms with E-state index in [0.717, 1.165) is 24.3 Å². The Hall–Kier alpha value is 1.30. The van der Waals surface area contributed by atoms with Crippen LogP contribution in [0, 0.1) is 0 Å². The van der Waals surface area contributed by atoms with Crippen molar-refractivity contribution in [2.75, 3.05) is 25.3 Å². The smallest absolute Gasteiger partial charge is 0.333 e. The Balaban J connectivity index is -0.0000000316. The van der Waals surface area contributed by atoms with Crippen LogP contribution >= 0.6 is 64.0 Å². The Morgan fingerprint density at radius 1 is 0.750 bits per heavy atom. The zero-order valence-electron chi connectivity index (χ0n) is 27.8. The van der Waals surface area contributed by atoms with E-state index in [9.17, 15) is 21.6 Å². The second kappa shape index (κ2) is 63.5. The van der Waals surface area contributed by atoms with Crippen LogP contribution in [0.2, 0.25) is 0 Å². The maximum Gasteiger partial charge on any atom is 0.393 e. The summed E-state index contributed by atoms with van der Waals surface area (Å²) in [4.78, 5) is -0.423. The van der Waals surface area contributed by atoms with E-state index in [1.54, 1.807) is 6.26 Å². The molecule has 0 aliphatic carbocycles. The van der Waals surface area contributed by atoms with E-state index < -0.39 is 27.6 Å². The molecule has 0 amide bonds. The summed E-state index contributed by atoms with van der Waals surface area (Å²) in [5.41, 5.74) is 4.44. The summed E-state index contributed by atoms with van der Waals surface area (Å²) < 4.78 is 65.4. The minimum absolute atomic E-state index is 0. The fourth-order valence-electron chi connectivity index (χ4n) is 1.01. The predicted molar refractivity (Wildman–Crippen MR) is 208 cm³/mol. The molecule has 0 heterocycles. The van der Waals surface area contributed by atoms with E-state index in [-0.39, 0.29) is 45.2 Å². The number of rotatable bonds is 4. The number of nitrogens with two attached hydrogens (primary N) is 1. The Morgan fingerprint density at radius 3 is 1.10 bits per heavy atom. The highest BCUT2D eigenvalue weighted by atomic mass is 32.2. The number of thioether (sulfide) groups is 1. The lowest BCUT2D eigenvalue weighted by molar-refractivity contribution is -0.127. The zero-order chi connectivity index (χ0) is 30.6. The van der Waals surface area contributed by atoms with Gasteiger partial charge in [0.2, 0.25) is 0 Å². The van der Waals surface area contributed by atoms with Gasteiger partial charge in [0.1, 0.15) is 0 Å². The van der Waals surface area contributed by atoms with Crippen LogP contribution in [-0.2, 0) is 16.5 Å². The third kappa shape index (κ3) is 97.6. The summed E-state index contributed by atoms with van der Waals surface area (Å²) in [6, 6.07) is 3.88. The highest BCUT2D eigenvalue weighted by Crippen LogP contribution is 2.22. The van der Waals surface area contributed by atoms with E-state index >= 15 is 0 Å². The molecule has 0 bridgehead atoms. The van der Waals surface area contributed by atoms with Crippen molar-refractivity contribution in [1.82, 2.24) is 0 Å². The maximum atomic E-state index is 11.9. The first-order chi connectivity index (χ1) is 16.8. The number of hydrogen-bond donors (Lipinski definition) is 3. The van der Waals surface area contributed by atoms with Crippen molar-refractivity contribution in [1.29, 1.82) is 0 Å². The molecule has 0 aromatic heterocycles. The Morgan fingerprint density at radius 2 is 0.975 bits per heavy atom. The predicted octanol–water partition coefficient (Wildman–Crippen LogP) is 9.82. The fourth-order valence-corrected chi connectivity index (χ4v) is 1.49.